The Morgan fingerprint density at radius 1 is 1.06 bits per heavy atom. The van der Waals surface area contributed by atoms with E-state index >= 15 is 0 Å². The molecular formula is C16H33NS. The van der Waals surface area contributed by atoms with Crippen molar-refractivity contribution in [3.63, 3.8) is 0 Å². The Labute approximate surface area is 119 Å². The molecule has 1 unspecified atom stereocenters. The fraction of sp³-hybridized carbons (Fsp3) is 1.00. The third-order valence-electron chi connectivity index (χ3n) is 4.03. The first-order chi connectivity index (χ1) is 8.86. The van der Waals surface area contributed by atoms with Crippen LogP contribution in [0.5, 0.6) is 0 Å². The molecule has 0 amide bonds. The first-order valence-corrected chi connectivity index (χ1v) is 9.33. The molecule has 1 N–H and O–H groups in total. The standard InChI is InChI=1S/C16H33NS/c1-3-5-7-9-16(10-8-6-4-2)17-13-15-11-12-18-14-15/h15-17H,3-14H2,1-2H3. The molecule has 0 aromatic carbocycles. The van der Waals surface area contributed by atoms with Crippen LogP contribution in [0.1, 0.15) is 71.6 Å². The predicted molar refractivity (Wildman–Crippen MR) is 85.5 cm³/mol. The van der Waals surface area contributed by atoms with Crippen LogP contribution in [-0.4, -0.2) is 24.1 Å². The maximum atomic E-state index is 3.87. The third kappa shape index (κ3) is 7.68. The average molecular weight is 272 g/mol. The van der Waals surface area contributed by atoms with E-state index in [0.29, 0.717) is 0 Å². The molecule has 1 saturated heterocycles. The Kier molecular flexibility index (Phi) is 10.1. The molecule has 1 fully saturated rings. The number of rotatable bonds is 11. The topological polar surface area (TPSA) is 12.0 Å². The number of hydrogen-bond donors (Lipinski definition) is 1. The molecule has 108 valence electrons. The van der Waals surface area contributed by atoms with Crippen LogP contribution in [0.4, 0.5) is 0 Å². The van der Waals surface area contributed by atoms with Crippen molar-refractivity contribution < 1.29 is 0 Å². The first-order valence-electron chi connectivity index (χ1n) is 8.18. The van der Waals surface area contributed by atoms with Gasteiger partial charge in [0.1, 0.15) is 0 Å². The van der Waals surface area contributed by atoms with E-state index in [9.17, 15) is 0 Å². The van der Waals surface area contributed by atoms with Gasteiger partial charge in [-0.3, -0.25) is 0 Å². The van der Waals surface area contributed by atoms with Gasteiger partial charge in [0.25, 0.3) is 0 Å². The van der Waals surface area contributed by atoms with Gasteiger partial charge in [0.05, 0.1) is 0 Å². The monoisotopic (exact) mass is 271 g/mol. The van der Waals surface area contributed by atoms with E-state index in [-0.39, 0.29) is 0 Å². The molecule has 1 rings (SSSR count). The minimum Gasteiger partial charge on any atom is -0.314 e. The number of hydrogen-bond acceptors (Lipinski definition) is 2. The van der Waals surface area contributed by atoms with E-state index in [4.69, 9.17) is 0 Å². The van der Waals surface area contributed by atoms with Crippen LogP contribution in [0.15, 0.2) is 0 Å². The lowest BCUT2D eigenvalue weighted by Gasteiger charge is -2.21. The highest BCUT2D eigenvalue weighted by atomic mass is 32.2. The van der Waals surface area contributed by atoms with E-state index in [2.05, 4.69) is 30.9 Å². The van der Waals surface area contributed by atoms with Crippen molar-refractivity contribution in [3.8, 4) is 0 Å². The molecule has 1 aliphatic heterocycles. The number of nitrogens with one attached hydrogen (secondary N) is 1. The van der Waals surface area contributed by atoms with Crippen LogP contribution >= 0.6 is 11.8 Å². The molecule has 1 atom stereocenters. The summed E-state index contributed by atoms with van der Waals surface area (Å²) in [7, 11) is 0. The molecule has 2 heteroatoms. The summed E-state index contributed by atoms with van der Waals surface area (Å²) >= 11 is 2.14. The van der Waals surface area contributed by atoms with Crippen molar-refractivity contribution in [2.75, 3.05) is 18.1 Å². The summed E-state index contributed by atoms with van der Waals surface area (Å²) in [5.74, 6) is 3.74. The fourth-order valence-electron chi connectivity index (χ4n) is 2.71. The van der Waals surface area contributed by atoms with Gasteiger partial charge in [-0.1, -0.05) is 52.4 Å². The molecule has 18 heavy (non-hydrogen) atoms. The largest absolute Gasteiger partial charge is 0.314 e. The van der Waals surface area contributed by atoms with Crippen molar-refractivity contribution in [1.82, 2.24) is 5.32 Å². The molecule has 0 radical (unpaired) electrons. The Bertz CT molecular complexity index is 168. The minimum absolute atomic E-state index is 0.800. The van der Waals surface area contributed by atoms with Crippen LogP contribution in [0, 0.1) is 5.92 Å². The van der Waals surface area contributed by atoms with Gasteiger partial charge in [0.15, 0.2) is 0 Å². The highest BCUT2D eigenvalue weighted by Crippen LogP contribution is 2.23. The lowest BCUT2D eigenvalue weighted by Crippen LogP contribution is -2.33. The molecule has 1 aliphatic rings. The zero-order valence-corrected chi connectivity index (χ0v) is 13.4. The van der Waals surface area contributed by atoms with E-state index in [1.807, 2.05) is 0 Å². The van der Waals surface area contributed by atoms with Crippen LogP contribution < -0.4 is 5.32 Å². The van der Waals surface area contributed by atoms with Crippen LogP contribution in [0.25, 0.3) is 0 Å². The van der Waals surface area contributed by atoms with E-state index in [1.54, 1.807) is 0 Å². The summed E-state index contributed by atoms with van der Waals surface area (Å²) in [5.41, 5.74) is 0. The zero-order valence-electron chi connectivity index (χ0n) is 12.5. The second-order valence-electron chi connectivity index (χ2n) is 5.83. The van der Waals surface area contributed by atoms with Gasteiger partial charge in [0.2, 0.25) is 0 Å². The van der Waals surface area contributed by atoms with E-state index < -0.39 is 0 Å². The summed E-state index contributed by atoms with van der Waals surface area (Å²) in [6.45, 7) is 5.88. The maximum absolute atomic E-state index is 3.87. The second kappa shape index (κ2) is 11.2. The SMILES string of the molecule is CCCCCC(CCCCC)NCC1CCSC1. The van der Waals surface area contributed by atoms with Crippen LogP contribution in [-0.2, 0) is 0 Å². The molecule has 1 heterocycles. The van der Waals surface area contributed by atoms with Crippen molar-refractivity contribution >= 4 is 11.8 Å². The maximum Gasteiger partial charge on any atom is 0.00671 e. The fourth-order valence-corrected chi connectivity index (χ4v) is 3.99. The molecule has 0 saturated carbocycles. The third-order valence-corrected chi connectivity index (χ3v) is 5.26. The van der Waals surface area contributed by atoms with E-state index in [0.717, 1.165) is 12.0 Å². The lowest BCUT2D eigenvalue weighted by atomic mass is 10.0. The Morgan fingerprint density at radius 3 is 2.22 bits per heavy atom. The average Bonchev–Trinajstić information content (AvgIpc) is 2.89. The summed E-state index contributed by atoms with van der Waals surface area (Å²) in [5, 5.41) is 3.87. The smallest absolute Gasteiger partial charge is 0.00671 e. The van der Waals surface area contributed by atoms with Gasteiger partial charge in [-0.2, -0.15) is 11.8 Å². The number of unbranched alkanes of at least 4 members (excludes halogenated alkanes) is 4. The van der Waals surface area contributed by atoms with Crippen molar-refractivity contribution in [1.29, 1.82) is 0 Å². The lowest BCUT2D eigenvalue weighted by molar-refractivity contribution is 0.390. The van der Waals surface area contributed by atoms with Gasteiger partial charge < -0.3 is 5.32 Å². The Balaban J connectivity index is 2.14. The quantitative estimate of drug-likeness (QED) is 0.539. The van der Waals surface area contributed by atoms with Crippen LogP contribution in [0.2, 0.25) is 0 Å². The molecule has 1 nitrogen and oxygen atoms in total. The van der Waals surface area contributed by atoms with E-state index in [1.165, 1.54) is 75.8 Å². The predicted octanol–water partition coefficient (Wildman–Crippen LogP) is 4.86. The highest BCUT2D eigenvalue weighted by molar-refractivity contribution is 7.99. The highest BCUT2D eigenvalue weighted by Gasteiger charge is 2.16. The molecule has 0 aromatic rings. The summed E-state index contributed by atoms with van der Waals surface area (Å²) in [6.07, 6.45) is 12.6. The zero-order chi connectivity index (χ0) is 13.1. The van der Waals surface area contributed by atoms with Gasteiger partial charge in [-0.05, 0) is 43.2 Å². The van der Waals surface area contributed by atoms with Gasteiger partial charge in [-0.15, -0.1) is 0 Å². The molecule has 0 bridgehead atoms. The molecule has 0 aromatic heterocycles. The van der Waals surface area contributed by atoms with Crippen molar-refractivity contribution in [2.45, 2.75) is 77.7 Å². The van der Waals surface area contributed by atoms with Gasteiger partial charge in [-0.25, -0.2) is 0 Å². The Hall–Kier alpha value is 0.310. The summed E-state index contributed by atoms with van der Waals surface area (Å²) < 4.78 is 0. The first kappa shape index (κ1) is 16.4. The van der Waals surface area contributed by atoms with Crippen molar-refractivity contribution in [3.05, 3.63) is 0 Å². The van der Waals surface area contributed by atoms with Crippen molar-refractivity contribution in [2.24, 2.45) is 5.92 Å². The second-order valence-corrected chi connectivity index (χ2v) is 6.98. The van der Waals surface area contributed by atoms with Gasteiger partial charge in [0, 0.05) is 6.04 Å². The molecular weight excluding hydrogens is 238 g/mol. The Morgan fingerprint density at radius 2 is 1.72 bits per heavy atom. The van der Waals surface area contributed by atoms with Crippen LogP contribution in [0.3, 0.4) is 0 Å². The number of thioether (sulfide) groups is 1. The van der Waals surface area contributed by atoms with Gasteiger partial charge >= 0.3 is 0 Å². The minimum atomic E-state index is 0.800. The molecule has 0 spiro atoms. The summed E-state index contributed by atoms with van der Waals surface area (Å²) in [6, 6.07) is 0.800. The normalized spacial score (nSPS) is 19.8. The molecule has 0 aliphatic carbocycles. The summed E-state index contributed by atoms with van der Waals surface area (Å²) in [4.78, 5) is 0.